The number of guanidine groups is 1. The van der Waals surface area contributed by atoms with Gasteiger partial charge in [-0.2, -0.15) is 11.8 Å². The summed E-state index contributed by atoms with van der Waals surface area (Å²) in [5.41, 5.74) is 2.82. The van der Waals surface area contributed by atoms with Gasteiger partial charge < -0.3 is 29.6 Å². The van der Waals surface area contributed by atoms with Crippen LogP contribution in [0.4, 0.5) is 15.3 Å². The summed E-state index contributed by atoms with van der Waals surface area (Å²) in [6, 6.07) is 22.2. The van der Waals surface area contributed by atoms with E-state index in [0.717, 1.165) is 64.3 Å². The van der Waals surface area contributed by atoms with Gasteiger partial charge in [0.15, 0.2) is 0 Å². The molecule has 3 aromatic carbocycles. The summed E-state index contributed by atoms with van der Waals surface area (Å²) in [4.78, 5) is 30.9. The lowest BCUT2D eigenvalue weighted by Gasteiger charge is -2.22. The lowest BCUT2D eigenvalue weighted by molar-refractivity contribution is 0.0545. The number of aliphatic imine (C=N–C) groups is 1. The van der Waals surface area contributed by atoms with E-state index in [2.05, 4.69) is 38.4 Å². The van der Waals surface area contributed by atoms with E-state index in [1.807, 2.05) is 66.4 Å². The zero-order valence-electron chi connectivity index (χ0n) is 31.0. The van der Waals surface area contributed by atoms with Crippen LogP contribution in [0.25, 0.3) is 0 Å². The van der Waals surface area contributed by atoms with Crippen molar-refractivity contribution in [2.75, 3.05) is 44.9 Å². The molecule has 0 aliphatic heterocycles. The molecule has 51 heavy (non-hydrogen) atoms. The quantitative estimate of drug-likeness (QED) is 0.0499. The summed E-state index contributed by atoms with van der Waals surface area (Å²) < 4.78 is 21.4. The van der Waals surface area contributed by atoms with Crippen molar-refractivity contribution in [1.29, 1.82) is 0 Å². The number of carbonyl (C=O) groups excluding carboxylic acids is 2. The first-order valence-electron chi connectivity index (χ1n) is 16.8. The van der Waals surface area contributed by atoms with Gasteiger partial charge in [-0.25, -0.2) is 14.6 Å². The fourth-order valence-electron chi connectivity index (χ4n) is 4.44. The molecule has 0 aliphatic carbocycles. The Morgan fingerprint density at radius 1 is 0.706 bits per heavy atom. The van der Waals surface area contributed by atoms with Crippen LogP contribution in [0.15, 0.2) is 76.6 Å². The van der Waals surface area contributed by atoms with Crippen LogP contribution in [0.1, 0.15) is 58.2 Å². The van der Waals surface area contributed by atoms with Gasteiger partial charge in [0.05, 0.1) is 20.8 Å². The maximum Gasteiger partial charge on any atom is 0.414 e. The SMILES string of the molecule is COc1ccc(CSCCNCCNc2cccc(CN=C(NC(=O)OC(C)(C)C)NC(=O)OC(C)(C)C)c2SCc2ccc(OC)cc2)cc1. The molecule has 0 spiro atoms. The Morgan fingerprint density at radius 3 is 1.78 bits per heavy atom. The summed E-state index contributed by atoms with van der Waals surface area (Å²) in [7, 11) is 3.33. The van der Waals surface area contributed by atoms with Gasteiger partial charge in [-0.15, -0.1) is 11.8 Å². The first-order chi connectivity index (χ1) is 24.2. The van der Waals surface area contributed by atoms with Crippen molar-refractivity contribution in [2.24, 2.45) is 4.99 Å². The van der Waals surface area contributed by atoms with E-state index in [1.165, 1.54) is 5.56 Å². The molecule has 0 atom stereocenters. The third-order valence-electron chi connectivity index (χ3n) is 6.75. The highest BCUT2D eigenvalue weighted by Crippen LogP contribution is 2.34. The van der Waals surface area contributed by atoms with E-state index in [-0.39, 0.29) is 12.5 Å². The molecule has 11 nitrogen and oxygen atoms in total. The van der Waals surface area contributed by atoms with E-state index in [0.29, 0.717) is 5.75 Å². The van der Waals surface area contributed by atoms with E-state index in [1.54, 1.807) is 67.5 Å². The number of carbonyl (C=O) groups is 2. The molecule has 3 aromatic rings. The number of hydrogen-bond donors (Lipinski definition) is 4. The fourth-order valence-corrected chi connectivity index (χ4v) is 6.42. The van der Waals surface area contributed by atoms with Gasteiger partial charge >= 0.3 is 12.2 Å². The van der Waals surface area contributed by atoms with Gasteiger partial charge in [0.25, 0.3) is 0 Å². The number of thioether (sulfide) groups is 2. The summed E-state index contributed by atoms with van der Waals surface area (Å²) >= 11 is 3.57. The van der Waals surface area contributed by atoms with E-state index >= 15 is 0 Å². The van der Waals surface area contributed by atoms with Crippen LogP contribution in [0.5, 0.6) is 11.5 Å². The molecular weight excluding hydrogens is 687 g/mol. The standard InChI is InChI=1S/C38H53N5O6S2/c1-37(2,3)48-35(44)42-34(43-36(45)49-38(4,5)6)41-24-29-10-9-11-32(33(29)51-26-28-14-18-31(47-8)19-15-28)40-21-20-39-22-23-50-25-27-12-16-30(46-7)17-13-27/h9-19,39-40H,20-26H2,1-8H3,(H2,41,42,43,44,45). The summed E-state index contributed by atoms with van der Waals surface area (Å²) in [5, 5.41) is 12.2. The molecule has 0 aromatic heterocycles. The zero-order valence-corrected chi connectivity index (χ0v) is 32.6. The van der Waals surface area contributed by atoms with Crippen molar-refractivity contribution in [3.05, 3.63) is 83.4 Å². The van der Waals surface area contributed by atoms with Crippen LogP contribution in [-0.2, 0) is 27.5 Å². The Morgan fingerprint density at radius 2 is 1.25 bits per heavy atom. The van der Waals surface area contributed by atoms with Crippen LogP contribution in [0, 0.1) is 0 Å². The van der Waals surface area contributed by atoms with Gasteiger partial charge in [-0.05, 0) is 88.6 Å². The highest BCUT2D eigenvalue weighted by Gasteiger charge is 2.21. The lowest BCUT2D eigenvalue weighted by atomic mass is 10.2. The van der Waals surface area contributed by atoms with Crippen molar-refractivity contribution in [1.82, 2.24) is 16.0 Å². The number of alkyl carbamates (subject to hydrolysis) is 2. The molecule has 0 saturated heterocycles. The van der Waals surface area contributed by atoms with Crippen LogP contribution in [0.2, 0.25) is 0 Å². The van der Waals surface area contributed by atoms with E-state index in [4.69, 9.17) is 18.9 Å². The number of nitrogens with one attached hydrogen (secondary N) is 4. The normalized spacial score (nSPS) is 11.3. The van der Waals surface area contributed by atoms with E-state index < -0.39 is 23.4 Å². The first-order valence-corrected chi connectivity index (χ1v) is 19.0. The highest BCUT2D eigenvalue weighted by atomic mass is 32.2. The summed E-state index contributed by atoms with van der Waals surface area (Å²) in [5.74, 6) is 4.26. The van der Waals surface area contributed by atoms with Gasteiger partial charge in [0.1, 0.15) is 22.7 Å². The number of benzene rings is 3. The summed E-state index contributed by atoms with van der Waals surface area (Å²) in [6.45, 7) is 13.1. The molecular formula is C38H53N5O6S2. The van der Waals surface area contributed by atoms with Crippen molar-refractivity contribution in [3.63, 3.8) is 0 Å². The third kappa shape index (κ3) is 16.7. The number of nitrogens with zero attached hydrogens (tertiary/aromatic N) is 1. The number of anilines is 1. The topological polar surface area (TPSA) is 132 Å². The molecule has 278 valence electrons. The second kappa shape index (κ2) is 20.7. The second-order valence-corrected chi connectivity index (χ2v) is 15.5. The average molecular weight is 740 g/mol. The van der Waals surface area contributed by atoms with Crippen molar-refractivity contribution < 1.29 is 28.5 Å². The van der Waals surface area contributed by atoms with Crippen molar-refractivity contribution >= 4 is 47.4 Å². The number of rotatable bonds is 16. The van der Waals surface area contributed by atoms with Gasteiger partial charge in [0.2, 0.25) is 5.96 Å². The third-order valence-corrected chi connectivity index (χ3v) is 9.03. The molecule has 0 radical (unpaired) electrons. The Labute approximate surface area is 311 Å². The lowest BCUT2D eigenvalue weighted by Crippen LogP contribution is -2.47. The number of methoxy groups -OCH3 is 2. The predicted octanol–water partition coefficient (Wildman–Crippen LogP) is 7.84. The van der Waals surface area contributed by atoms with Crippen molar-refractivity contribution in [2.45, 2.75) is 75.7 Å². The van der Waals surface area contributed by atoms with Crippen molar-refractivity contribution in [3.8, 4) is 11.5 Å². The molecule has 0 fully saturated rings. The second-order valence-electron chi connectivity index (χ2n) is 13.4. The summed E-state index contributed by atoms with van der Waals surface area (Å²) in [6.07, 6.45) is -1.48. The Balaban J connectivity index is 1.70. The predicted molar refractivity (Wildman–Crippen MR) is 209 cm³/mol. The minimum atomic E-state index is -0.742. The number of ether oxygens (including phenoxy) is 4. The van der Waals surface area contributed by atoms with Crippen LogP contribution in [-0.4, -0.2) is 69.0 Å². The van der Waals surface area contributed by atoms with Crippen LogP contribution in [0.3, 0.4) is 0 Å². The molecule has 0 aliphatic rings. The van der Waals surface area contributed by atoms with Gasteiger partial charge in [0, 0.05) is 47.5 Å². The largest absolute Gasteiger partial charge is 0.497 e. The Bertz CT molecular complexity index is 1520. The maximum atomic E-state index is 12.6. The van der Waals surface area contributed by atoms with Crippen LogP contribution < -0.4 is 30.7 Å². The maximum absolute atomic E-state index is 12.6. The van der Waals surface area contributed by atoms with Gasteiger partial charge in [-0.1, -0.05) is 36.4 Å². The number of hydrogen-bond acceptors (Lipinski definition) is 11. The molecule has 0 unspecified atom stereocenters. The van der Waals surface area contributed by atoms with E-state index in [9.17, 15) is 9.59 Å². The highest BCUT2D eigenvalue weighted by molar-refractivity contribution is 7.98. The fraction of sp³-hybridized carbons (Fsp3) is 0.447. The molecule has 2 amide bonds. The molecule has 0 saturated carbocycles. The minimum Gasteiger partial charge on any atom is -0.497 e. The first kappa shape index (κ1) is 41.4. The molecule has 13 heteroatoms. The average Bonchev–Trinajstić information content (AvgIpc) is 3.06. The Kier molecular flexibility index (Phi) is 16.8. The Hall–Kier alpha value is -4.07. The molecule has 4 N–H and O–H groups in total. The monoisotopic (exact) mass is 739 g/mol. The smallest absolute Gasteiger partial charge is 0.414 e. The molecule has 0 bridgehead atoms. The number of amides is 2. The zero-order chi connectivity index (χ0) is 37.3. The minimum absolute atomic E-state index is 0.0722. The van der Waals surface area contributed by atoms with Crippen LogP contribution >= 0.6 is 23.5 Å². The van der Waals surface area contributed by atoms with Gasteiger partial charge in [-0.3, -0.25) is 10.6 Å². The molecule has 0 heterocycles. The molecule has 3 rings (SSSR count).